The molecule has 0 amide bonds. The normalized spacial score (nSPS) is 20.1. The summed E-state index contributed by atoms with van der Waals surface area (Å²) in [6.45, 7) is 5.33. The van der Waals surface area contributed by atoms with Gasteiger partial charge in [0.2, 0.25) is 0 Å². The minimum absolute atomic E-state index is 0.0520. The van der Waals surface area contributed by atoms with Gasteiger partial charge in [0, 0.05) is 18.6 Å². The topological polar surface area (TPSA) is 18.5 Å². The molecule has 166 valence electrons. The van der Waals surface area contributed by atoms with Gasteiger partial charge in [-0.05, 0) is 53.0 Å². The maximum absolute atomic E-state index is 13.8. The molecule has 2 aromatic rings. The van der Waals surface area contributed by atoms with Gasteiger partial charge in [0.25, 0.3) is 0 Å². The number of hydrogen-bond acceptors (Lipinski definition) is 2. The fourth-order valence-electron chi connectivity index (χ4n) is 4.53. The van der Waals surface area contributed by atoms with Crippen molar-refractivity contribution in [2.24, 2.45) is 5.41 Å². The Labute approximate surface area is 181 Å². The van der Waals surface area contributed by atoms with Gasteiger partial charge >= 0.3 is 13.3 Å². The Morgan fingerprint density at radius 2 is 1.52 bits per heavy atom. The van der Waals surface area contributed by atoms with Crippen molar-refractivity contribution < 1.29 is 26.9 Å². The van der Waals surface area contributed by atoms with Gasteiger partial charge in [-0.3, -0.25) is 0 Å². The molecule has 0 N–H and O–H groups in total. The molecule has 2 aromatic carbocycles. The molecule has 1 saturated heterocycles. The molecule has 0 aromatic heterocycles. The van der Waals surface area contributed by atoms with Crippen LogP contribution in [-0.2, 0) is 15.5 Å². The van der Waals surface area contributed by atoms with Crippen molar-refractivity contribution in [3.63, 3.8) is 0 Å². The van der Waals surface area contributed by atoms with E-state index in [1.807, 2.05) is 12.1 Å². The van der Waals surface area contributed by atoms with Crippen molar-refractivity contribution in [1.82, 2.24) is 0 Å². The third-order valence-electron chi connectivity index (χ3n) is 6.24. The maximum atomic E-state index is 13.8. The summed E-state index contributed by atoms with van der Waals surface area (Å²) < 4.78 is 65.4. The second kappa shape index (κ2) is 8.59. The highest BCUT2D eigenvalue weighted by molar-refractivity contribution is 6.62. The Morgan fingerprint density at radius 1 is 0.903 bits per heavy atom. The summed E-state index contributed by atoms with van der Waals surface area (Å²) in [4.78, 5) is 0. The smallest absolute Gasteiger partial charge is 0.407 e. The van der Waals surface area contributed by atoms with E-state index >= 15 is 0 Å². The zero-order valence-electron chi connectivity index (χ0n) is 17.9. The van der Waals surface area contributed by atoms with Crippen LogP contribution in [0, 0.1) is 11.2 Å². The van der Waals surface area contributed by atoms with Crippen LogP contribution in [0.3, 0.4) is 0 Å². The molecule has 1 saturated carbocycles. The molecule has 7 heteroatoms. The summed E-state index contributed by atoms with van der Waals surface area (Å²) in [6.07, 6.45) is 0.786. The summed E-state index contributed by atoms with van der Waals surface area (Å²) in [5.41, 5.74) is 1.72. The van der Waals surface area contributed by atoms with Crippen LogP contribution >= 0.6 is 0 Å². The highest BCUT2D eigenvalue weighted by Gasteiger charge is 2.37. The van der Waals surface area contributed by atoms with Crippen LogP contribution in [0.1, 0.15) is 63.0 Å². The molecule has 0 unspecified atom stereocenters. The van der Waals surface area contributed by atoms with E-state index in [4.69, 9.17) is 9.31 Å². The molecule has 31 heavy (non-hydrogen) atoms. The predicted octanol–water partition coefficient (Wildman–Crippen LogP) is 6.33. The predicted molar refractivity (Wildman–Crippen MR) is 114 cm³/mol. The highest BCUT2D eigenvalue weighted by Crippen LogP contribution is 2.37. The second-order valence-corrected chi connectivity index (χ2v) is 9.49. The van der Waals surface area contributed by atoms with Crippen LogP contribution in [0.15, 0.2) is 36.4 Å². The summed E-state index contributed by atoms with van der Waals surface area (Å²) in [6, 6.07) is 8.82. The quantitative estimate of drug-likeness (QED) is 0.415. The molecule has 0 atom stereocenters. The van der Waals surface area contributed by atoms with Gasteiger partial charge in [-0.25, -0.2) is 4.39 Å². The molecule has 2 fully saturated rings. The number of benzene rings is 2. The minimum atomic E-state index is -4.73. The first kappa shape index (κ1) is 22.3. The largest absolute Gasteiger partial charge is 0.494 e. The van der Waals surface area contributed by atoms with Gasteiger partial charge < -0.3 is 9.31 Å². The lowest BCUT2D eigenvalue weighted by atomic mass is 9.68. The van der Waals surface area contributed by atoms with E-state index < -0.39 is 24.7 Å². The number of alkyl halides is 3. The first-order valence-electron chi connectivity index (χ1n) is 10.9. The van der Waals surface area contributed by atoms with Gasteiger partial charge in [-0.1, -0.05) is 57.4 Å². The standard InChI is InChI=1S/C24H27BF4O2/c1-23(2)14-30-25(31-15-23)21-10-8-17(12-19(21)16-6-4-3-5-7-16)18-9-11-22(26)20(13-18)24(27,28)29/h8-13,16H,3-7,14-15H2,1-2H3. The Kier molecular flexibility index (Phi) is 6.19. The van der Waals surface area contributed by atoms with E-state index in [1.165, 1.54) is 12.5 Å². The fraction of sp³-hybridized carbons (Fsp3) is 0.500. The molecule has 1 aliphatic heterocycles. The Hall–Kier alpha value is -1.86. The molecular formula is C24H27BF4O2. The molecule has 1 heterocycles. The number of hydrogen-bond donors (Lipinski definition) is 0. The van der Waals surface area contributed by atoms with E-state index in [-0.39, 0.29) is 5.41 Å². The monoisotopic (exact) mass is 434 g/mol. The lowest BCUT2D eigenvalue weighted by Crippen LogP contribution is -2.48. The zero-order valence-corrected chi connectivity index (χ0v) is 17.9. The van der Waals surface area contributed by atoms with Crippen LogP contribution in [0.4, 0.5) is 17.6 Å². The summed E-state index contributed by atoms with van der Waals surface area (Å²) >= 11 is 0. The second-order valence-electron chi connectivity index (χ2n) is 9.49. The summed E-state index contributed by atoms with van der Waals surface area (Å²) in [5, 5.41) is 0. The van der Waals surface area contributed by atoms with Crippen molar-refractivity contribution >= 4 is 12.6 Å². The third-order valence-corrected chi connectivity index (χ3v) is 6.24. The first-order valence-corrected chi connectivity index (χ1v) is 10.9. The van der Waals surface area contributed by atoms with Crippen molar-refractivity contribution in [2.75, 3.05) is 13.2 Å². The lowest BCUT2D eigenvalue weighted by molar-refractivity contribution is -0.139. The third kappa shape index (κ3) is 4.98. The SMILES string of the molecule is CC1(C)COB(c2ccc(-c3ccc(F)c(C(F)(F)F)c3)cc2C2CCCCC2)OC1. The van der Waals surface area contributed by atoms with E-state index in [2.05, 4.69) is 13.8 Å². The molecule has 4 rings (SSSR count). The Morgan fingerprint density at radius 3 is 2.16 bits per heavy atom. The molecule has 0 bridgehead atoms. The van der Waals surface area contributed by atoms with E-state index in [9.17, 15) is 17.6 Å². The van der Waals surface area contributed by atoms with Gasteiger partial charge in [-0.2, -0.15) is 13.2 Å². The number of rotatable bonds is 3. The maximum Gasteiger partial charge on any atom is 0.494 e. The van der Waals surface area contributed by atoms with Crippen molar-refractivity contribution in [3.8, 4) is 11.1 Å². The lowest BCUT2D eigenvalue weighted by Gasteiger charge is -2.35. The molecular weight excluding hydrogens is 407 g/mol. The highest BCUT2D eigenvalue weighted by atomic mass is 19.4. The van der Waals surface area contributed by atoms with E-state index in [0.717, 1.165) is 48.8 Å². The molecule has 1 aliphatic carbocycles. The van der Waals surface area contributed by atoms with Crippen LogP contribution in [0.5, 0.6) is 0 Å². The van der Waals surface area contributed by atoms with Crippen LogP contribution < -0.4 is 5.46 Å². The average molecular weight is 434 g/mol. The fourth-order valence-corrected chi connectivity index (χ4v) is 4.53. The first-order chi connectivity index (χ1) is 14.6. The van der Waals surface area contributed by atoms with Crippen LogP contribution in [0.2, 0.25) is 0 Å². The Balaban J connectivity index is 1.73. The molecule has 2 nitrogen and oxygen atoms in total. The average Bonchev–Trinajstić information content (AvgIpc) is 2.74. The van der Waals surface area contributed by atoms with Gasteiger partial charge in [-0.15, -0.1) is 0 Å². The molecule has 2 aliphatic rings. The molecule has 0 radical (unpaired) electrons. The van der Waals surface area contributed by atoms with Crippen LogP contribution in [0.25, 0.3) is 11.1 Å². The number of halogens is 4. The van der Waals surface area contributed by atoms with Gasteiger partial charge in [0.15, 0.2) is 0 Å². The van der Waals surface area contributed by atoms with E-state index in [0.29, 0.717) is 30.3 Å². The molecule has 0 spiro atoms. The van der Waals surface area contributed by atoms with Crippen molar-refractivity contribution in [2.45, 2.75) is 58.0 Å². The van der Waals surface area contributed by atoms with Gasteiger partial charge in [0.1, 0.15) is 5.82 Å². The summed E-state index contributed by atoms with van der Waals surface area (Å²) in [7, 11) is -0.474. The minimum Gasteiger partial charge on any atom is -0.407 e. The van der Waals surface area contributed by atoms with Crippen molar-refractivity contribution in [1.29, 1.82) is 0 Å². The zero-order chi connectivity index (χ0) is 22.2. The van der Waals surface area contributed by atoms with E-state index in [1.54, 1.807) is 6.07 Å². The van der Waals surface area contributed by atoms with Gasteiger partial charge in [0.05, 0.1) is 5.56 Å². The van der Waals surface area contributed by atoms with Crippen molar-refractivity contribution in [3.05, 3.63) is 53.3 Å². The summed E-state index contributed by atoms with van der Waals surface area (Å²) in [5.74, 6) is -0.944. The van der Waals surface area contributed by atoms with Crippen LogP contribution in [-0.4, -0.2) is 20.3 Å². The Bertz CT molecular complexity index is 926.